The molecule has 0 aromatic heterocycles. The van der Waals surface area contributed by atoms with Gasteiger partial charge in [-0.2, -0.15) is 0 Å². The van der Waals surface area contributed by atoms with Gasteiger partial charge in [0.1, 0.15) is 0 Å². The zero-order chi connectivity index (χ0) is 14.0. The minimum Gasteiger partial charge on any atom is -0.323 e. The summed E-state index contributed by atoms with van der Waals surface area (Å²) in [6.07, 6.45) is 8.32. The lowest BCUT2D eigenvalue weighted by Gasteiger charge is -2.41. The average molecular weight is 266 g/mol. The van der Waals surface area contributed by atoms with E-state index < -0.39 is 0 Å². The second-order valence-electron chi connectivity index (χ2n) is 7.09. The first-order valence-corrected chi connectivity index (χ1v) is 8.06. The predicted octanol–water partition coefficient (Wildman–Crippen LogP) is 3.29. The molecule has 19 heavy (non-hydrogen) atoms. The first-order chi connectivity index (χ1) is 8.98. The van der Waals surface area contributed by atoms with Crippen molar-refractivity contribution in [3.05, 3.63) is 0 Å². The summed E-state index contributed by atoms with van der Waals surface area (Å²) in [6, 6.07) is 0.512. The third kappa shape index (κ3) is 3.13. The number of rotatable bonds is 4. The van der Waals surface area contributed by atoms with E-state index in [4.69, 9.17) is 0 Å². The molecule has 0 bridgehead atoms. The van der Waals surface area contributed by atoms with Crippen molar-refractivity contribution in [1.29, 1.82) is 0 Å². The summed E-state index contributed by atoms with van der Waals surface area (Å²) in [5, 5.41) is 3.54. The molecule has 1 amide bonds. The van der Waals surface area contributed by atoms with E-state index in [2.05, 4.69) is 37.9 Å². The van der Waals surface area contributed by atoms with E-state index in [0.29, 0.717) is 17.4 Å². The predicted molar refractivity (Wildman–Crippen MR) is 78.8 cm³/mol. The van der Waals surface area contributed by atoms with Crippen molar-refractivity contribution in [3.8, 4) is 0 Å². The van der Waals surface area contributed by atoms with Crippen molar-refractivity contribution in [3.63, 3.8) is 0 Å². The molecule has 2 rings (SSSR count). The Labute approximate surface area is 118 Å². The van der Waals surface area contributed by atoms with E-state index in [0.717, 1.165) is 25.7 Å². The van der Waals surface area contributed by atoms with E-state index >= 15 is 0 Å². The van der Waals surface area contributed by atoms with E-state index in [-0.39, 0.29) is 12.2 Å². The van der Waals surface area contributed by atoms with E-state index in [9.17, 15) is 4.79 Å². The topological polar surface area (TPSA) is 32.3 Å². The van der Waals surface area contributed by atoms with Crippen LogP contribution in [0.2, 0.25) is 0 Å². The Morgan fingerprint density at radius 1 is 1.37 bits per heavy atom. The number of carbonyl (C=O) groups excluding carboxylic acids is 1. The molecule has 3 nitrogen and oxygen atoms in total. The van der Waals surface area contributed by atoms with Gasteiger partial charge >= 0.3 is 0 Å². The fraction of sp³-hybridized carbons (Fsp3) is 0.938. The van der Waals surface area contributed by atoms with Crippen LogP contribution in [0.4, 0.5) is 0 Å². The van der Waals surface area contributed by atoms with Gasteiger partial charge in [-0.3, -0.25) is 10.1 Å². The van der Waals surface area contributed by atoms with Crippen LogP contribution in [0.15, 0.2) is 0 Å². The molecule has 3 heteroatoms. The van der Waals surface area contributed by atoms with Gasteiger partial charge in [0.05, 0.1) is 12.2 Å². The molecular formula is C16H30N2O. The lowest BCUT2D eigenvalue weighted by molar-refractivity contribution is -0.133. The molecule has 1 N–H and O–H groups in total. The van der Waals surface area contributed by atoms with Crippen molar-refractivity contribution >= 4 is 5.91 Å². The molecule has 0 aromatic carbocycles. The molecule has 3 unspecified atom stereocenters. The summed E-state index contributed by atoms with van der Waals surface area (Å²) in [6.45, 7) is 9.00. The Kier molecular flexibility index (Phi) is 4.54. The number of nitrogens with one attached hydrogen (secondary N) is 1. The molecule has 1 heterocycles. The van der Waals surface area contributed by atoms with E-state index in [1.165, 1.54) is 19.3 Å². The molecule has 0 spiro atoms. The summed E-state index contributed by atoms with van der Waals surface area (Å²) in [4.78, 5) is 14.8. The summed E-state index contributed by atoms with van der Waals surface area (Å²) in [7, 11) is 0. The Hall–Kier alpha value is -0.570. The quantitative estimate of drug-likeness (QED) is 0.847. The summed E-state index contributed by atoms with van der Waals surface area (Å²) in [5.74, 6) is 0.351. The molecule has 0 radical (unpaired) electrons. The maximum absolute atomic E-state index is 12.6. The maximum Gasteiger partial charge on any atom is 0.241 e. The number of hydrogen-bond acceptors (Lipinski definition) is 2. The van der Waals surface area contributed by atoms with Crippen LogP contribution in [-0.4, -0.2) is 29.1 Å². The highest BCUT2D eigenvalue weighted by molar-refractivity contribution is 5.84. The fourth-order valence-electron chi connectivity index (χ4n) is 3.84. The fourth-order valence-corrected chi connectivity index (χ4v) is 3.84. The van der Waals surface area contributed by atoms with Gasteiger partial charge in [-0.05, 0) is 37.5 Å². The van der Waals surface area contributed by atoms with Crippen LogP contribution >= 0.6 is 0 Å². The number of amides is 1. The van der Waals surface area contributed by atoms with E-state index in [1.54, 1.807) is 0 Å². The molecule has 1 aliphatic carbocycles. The Bertz CT molecular complexity index is 327. The molecule has 1 saturated carbocycles. The van der Waals surface area contributed by atoms with Crippen molar-refractivity contribution in [1.82, 2.24) is 10.2 Å². The highest BCUT2D eigenvalue weighted by Gasteiger charge is 2.43. The Morgan fingerprint density at radius 2 is 2.11 bits per heavy atom. The Balaban J connectivity index is 2.12. The largest absolute Gasteiger partial charge is 0.323 e. The monoisotopic (exact) mass is 266 g/mol. The van der Waals surface area contributed by atoms with Crippen molar-refractivity contribution in [2.75, 3.05) is 0 Å². The third-order valence-corrected chi connectivity index (χ3v) is 4.82. The molecule has 2 fully saturated rings. The van der Waals surface area contributed by atoms with Crippen LogP contribution in [0.25, 0.3) is 0 Å². The molecular weight excluding hydrogens is 236 g/mol. The normalized spacial score (nSPS) is 34.8. The smallest absolute Gasteiger partial charge is 0.241 e. The van der Waals surface area contributed by atoms with Crippen LogP contribution in [0.1, 0.15) is 72.6 Å². The third-order valence-electron chi connectivity index (χ3n) is 4.82. The van der Waals surface area contributed by atoms with Gasteiger partial charge < -0.3 is 4.90 Å². The summed E-state index contributed by atoms with van der Waals surface area (Å²) >= 11 is 0. The van der Waals surface area contributed by atoms with Gasteiger partial charge in [-0.1, -0.05) is 40.5 Å². The van der Waals surface area contributed by atoms with Gasteiger partial charge in [-0.15, -0.1) is 0 Å². The van der Waals surface area contributed by atoms with Gasteiger partial charge in [-0.25, -0.2) is 0 Å². The van der Waals surface area contributed by atoms with Gasteiger partial charge in [0, 0.05) is 6.04 Å². The van der Waals surface area contributed by atoms with Crippen LogP contribution in [0, 0.1) is 5.41 Å². The SMILES string of the molecule is CCCC1NC(CC)C(=O)N1C1CCCC(C)(C)C1. The van der Waals surface area contributed by atoms with Gasteiger partial charge in [0.2, 0.25) is 5.91 Å². The lowest BCUT2D eigenvalue weighted by Crippen LogP contribution is -2.47. The molecule has 0 aromatic rings. The zero-order valence-corrected chi connectivity index (χ0v) is 13.0. The molecule has 3 atom stereocenters. The number of hydrogen-bond donors (Lipinski definition) is 1. The zero-order valence-electron chi connectivity index (χ0n) is 13.0. The second-order valence-corrected chi connectivity index (χ2v) is 7.09. The highest BCUT2D eigenvalue weighted by Crippen LogP contribution is 2.39. The van der Waals surface area contributed by atoms with Crippen LogP contribution in [-0.2, 0) is 4.79 Å². The first-order valence-electron chi connectivity index (χ1n) is 8.06. The Morgan fingerprint density at radius 3 is 2.68 bits per heavy atom. The number of carbonyl (C=O) groups is 1. The van der Waals surface area contributed by atoms with Gasteiger partial charge in [0.25, 0.3) is 0 Å². The summed E-state index contributed by atoms with van der Waals surface area (Å²) < 4.78 is 0. The molecule has 1 aliphatic heterocycles. The minimum absolute atomic E-state index is 0.0570. The van der Waals surface area contributed by atoms with Crippen molar-refractivity contribution < 1.29 is 4.79 Å². The summed E-state index contributed by atoms with van der Waals surface area (Å²) in [5.41, 5.74) is 0.393. The first kappa shape index (κ1) is 14.8. The highest BCUT2D eigenvalue weighted by atomic mass is 16.2. The molecule has 110 valence electrons. The number of nitrogens with zero attached hydrogens (tertiary/aromatic N) is 1. The average Bonchev–Trinajstić information content (AvgIpc) is 2.65. The molecule has 1 saturated heterocycles. The van der Waals surface area contributed by atoms with Crippen LogP contribution in [0.5, 0.6) is 0 Å². The van der Waals surface area contributed by atoms with Crippen molar-refractivity contribution in [2.45, 2.75) is 90.9 Å². The van der Waals surface area contributed by atoms with Crippen LogP contribution in [0.3, 0.4) is 0 Å². The lowest BCUT2D eigenvalue weighted by atomic mass is 9.74. The molecule has 2 aliphatic rings. The maximum atomic E-state index is 12.6. The van der Waals surface area contributed by atoms with Crippen molar-refractivity contribution in [2.24, 2.45) is 5.41 Å². The van der Waals surface area contributed by atoms with Crippen LogP contribution < -0.4 is 5.32 Å². The minimum atomic E-state index is 0.0570. The van der Waals surface area contributed by atoms with E-state index in [1.807, 2.05) is 0 Å². The second kappa shape index (κ2) is 5.82. The van der Waals surface area contributed by atoms with Gasteiger partial charge in [0.15, 0.2) is 0 Å². The standard InChI is InChI=1S/C16H30N2O/c1-5-8-14-17-13(6-2)15(19)18(14)12-9-7-10-16(3,4)11-12/h12-14,17H,5-11H2,1-4H3.